The maximum Gasteiger partial charge on any atom is 0.0226 e. The molecule has 0 aliphatic carbocycles. The van der Waals surface area contributed by atoms with Gasteiger partial charge in [-0.1, -0.05) is 17.7 Å². The van der Waals surface area contributed by atoms with Crippen LogP contribution in [0.25, 0.3) is 0 Å². The van der Waals surface area contributed by atoms with Crippen molar-refractivity contribution in [3.05, 3.63) is 29.8 Å². The highest BCUT2D eigenvalue weighted by Crippen LogP contribution is 2.11. The van der Waals surface area contributed by atoms with E-state index in [1.54, 1.807) is 0 Å². The molecule has 1 aromatic rings. The Morgan fingerprint density at radius 1 is 1.09 bits per heavy atom. The first-order valence-corrected chi connectivity index (χ1v) is 4.22. The van der Waals surface area contributed by atoms with Crippen molar-refractivity contribution >= 4 is 11.9 Å². The monoisotopic (exact) mass is 170 g/mol. The van der Waals surface area contributed by atoms with Crippen LogP contribution in [-0.4, -0.2) is 7.05 Å². The Morgan fingerprint density at radius 3 is 1.91 bits per heavy atom. The SMILES string of the molecule is CN.Cc1ccc(SN)cc1. The second-order valence-electron chi connectivity index (χ2n) is 1.93. The number of benzene rings is 1. The molecule has 0 bridgehead atoms. The van der Waals surface area contributed by atoms with Crippen LogP contribution < -0.4 is 10.9 Å². The van der Waals surface area contributed by atoms with E-state index >= 15 is 0 Å². The predicted molar refractivity (Wildman–Crippen MR) is 51.3 cm³/mol. The molecule has 0 unspecified atom stereocenters. The zero-order valence-corrected chi connectivity index (χ0v) is 7.69. The molecule has 0 aliphatic heterocycles. The van der Waals surface area contributed by atoms with Crippen molar-refractivity contribution in [2.24, 2.45) is 10.9 Å². The van der Waals surface area contributed by atoms with Gasteiger partial charge in [-0.15, -0.1) is 0 Å². The van der Waals surface area contributed by atoms with Crippen molar-refractivity contribution in [3.8, 4) is 0 Å². The fourth-order valence-corrected chi connectivity index (χ4v) is 0.910. The first-order chi connectivity index (χ1) is 5.33. The first-order valence-electron chi connectivity index (χ1n) is 3.34. The lowest BCUT2D eigenvalue weighted by atomic mass is 10.2. The quantitative estimate of drug-likeness (QED) is 0.628. The molecule has 0 saturated heterocycles. The van der Waals surface area contributed by atoms with Gasteiger partial charge in [-0.25, -0.2) is 0 Å². The van der Waals surface area contributed by atoms with Crippen LogP contribution in [0.15, 0.2) is 29.2 Å². The molecule has 0 aromatic heterocycles. The molecule has 2 nitrogen and oxygen atoms in total. The maximum atomic E-state index is 5.32. The Bertz CT molecular complexity index is 184. The van der Waals surface area contributed by atoms with Crippen molar-refractivity contribution in [3.63, 3.8) is 0 Å². The Hall–Kier alpha value is -0.510. The summed E-state index contributed by atoms with van der Waals surface area (Å²) in [4.78, 5) is 1.11. The Balaban J connectivity index is 0.000000461. The fourth-order valence-electron chi connectivity index (χ4n) is 0.617. The summed E-state index contributed by atoms with van der Waals surface area (Å²) in [5.41, 5.74) is 5.77. The molecule has 0 radical (unpaired) electrons. The molecule has 0 amide bonds. The summed E-state index contributed by atoms with van der Waals surface area (Å²) in [6.45, 7) is 2.06. The molecule has 0 aliphatic rings. The summed E-state index contributed by atoms with van der Waals surface area (Å²) in [7, 11) is 1.50. The van der Waals surface area contributed by atoms with E-state index in [0.717, 1.165) is 4.90 Å². The Labute approximate surface area is 72.1 Å². The van der Waals surface area contributed by atoms with Crippen molar-refractivity contribution in [2.45, 2.75) is 11.8 Å². The smallest absolute Gasteiger partial charge is 0.0226 e. The van der Waals surface area contributed by atoms with E-state index in [1.807, 2.05) is 12.1 Å². The zero-order chi connectivity index (χ0) is 8.69. The van der Waals surface area contributed by atoms with E-state index in [4.69, 9.17) is 5.14 Å². The molecule has 0 heterocycles. The molecule has 0 fully saturated rings. The lowest BCUT2D eigenvalue weighted by Gasteiger charge is -1.93. The number of hydrogen-bond donors (Lipinski definition) is 2. The summed E-state index contributed by atoms with van der Waals surface area (Å²) < 4.78 is 0. The summed E-state index contributed by atoms with van der Waals surface area (Å²) in [5.74, 6) is 0. The average Bonchev–Trinajstić information content (AvgIpc) is 2.10. The normalized spacial score (nSPS) is 8.36. The lowest BCUT2D eigenvalue weighted by molar-refractivity contribution is 1.38. The van der Waals surface area contributed by atoms with E-state index in [0.29, 0.717) is 0 Å². The fraction of sp³-hybridized carbons (Fsp3) is 0.250. The first kappa shape index (κ1) is 10.5. The molecule has 0 spiro atoms. The minimum absolute atomic E-state index is 1.11. The summed E-state index contributed by atoms with van der Waals surface area (Å²) in [6.07, 6.45) is 0. The molecule has 3 heteroatoms. The van der Waals surface area contributed by atoms with E-state index < -0.39 is 0 Å². The highest BCUT2D eigenvalue weighted by molar-refractivity contribution is 7.97. The third-order valence-corrected chi connectivity index (χ3v) is 1.70. The molecule has 62 valence electrons. The van der Waals surface area contributed by atoms with E-state index in [2.05, 4.69) is 24.8 Å². The van der Waals surface area contributed by atoms with Gasteiger partial charge in [-0.05, 0) is 38.1 Å². The van der Waals surface area contributed by atoms with Crippen LogP contribution in [0.3, 0.4) is 0 Å². The summed E-state index contributed by atoms with van der Waals surface area (Å²) >= 11 is 1.28. The van der Waals surface area contributed by atoms with Crippen LogP contribution in [0, 0.1) is 6.92 Å². The van der Waals surface area contributed by atoms with Crippen LogP contribution in [0.2, 0.25) is 0 Å². The van der Waals surface area contributed by atoms with E-state index in [-0.39, 0.29) is 0 Å². The average molecular weight is 170 g/mol. The standard InChI is InChI=1S/C7H9NS.CH5N/c1-6-2-4-7(9-8)5-3-6;1-2/h2-5H,8H2,1H3;2H2,1H3. The zero-order valence-electron chi connectivity index (χ0n) is 6.87. The molecule has 4 N–H and O–H groups in total. The van der Waals surface area contributed by atoms with Gasteiger partial charge in [0.2, 0.25) is 0 Å². The van der Waals surface area contributed by atoms with Crippen molar-refractivity contribution in [1.29, 1.82) is 0 Å². The number of aryl methyl sites for hydroxylation is 1. The maximum absolute atomic E-state index is 5.32. The largest absolute Gasteiger partial charge is 0.333 e. The molecule has 0 atom stereocenters. The highest BCUT2D eigenvalue weighted by Gasteiger charge is 1.85. The van der Waals surface area contributed by atoms with Gasteiger partial charge in [0.1, 0.15) is 0 Å². The van der Waals surface area contributed by atoms with Gasteiger partial charge >= 0.3 is 0 Å². The Kier molecular flexibility index (Phi) is 5.93. The lowest BCUT2D eigenvalue weighted by Crippen LogP contribution is -1.78. The van der Waals surface area contributed by atoms with Crippen LogP contribution in [-0.2, 0) is 0 Å². The molecule has 1 aromatic carbocycles. The van der Waals surface area contributed by atoms with Gasteiger partial charge in [-0.2, -0.15) is 0 Å². The van der Waals surface area contributed by atoms with Gasteiger partial charge in [0.15, 0.2) is 0 Å². The van der Waals surface area contributed by atoms with Crippen LogP contribution in [0.1, 0.15) is 5.56 Å². The topological polar surface area (TPSA) is 52.0 Å². The van der Waals surface area contributed by atoms with Gasteiger partial charge in [-0.3, -0.25) is 5.14 Å². The van der Waals surface area contributed by atoms with Crippen LogP contribution in [0.5, 0.6) is 0 Å². The third-order valence-electron chi connectivity index (χ3n) is 1.16. The van der Waals surface area contributed by atoms with Gasteiger partial charge in [0.05, 0.1) is 0 Å². The second-order valence-corrected chi connectivity index (χ2v) is 2.64. The van der Waals surface area contributed by atoms with Crippen molar-refractivity contribution in [1.82, 2.24) is 0 Å². The summed E-state index contributed by atoms with van der Waals surface area (Å²) in [6, 6.07) is 8.13. The minimum atomic E-state index is 1.11. The number of nitrogens with two attached hydrogens (primary N) is 2. The molecule has 1 rings (SSSR count). The Morgan fingerprint density at radius 2 is 1.55 bits per heavy atom. The summed E-state index contributed by atoms with van der Waals surface area (Å²) in [5, 5.41) is 5.32. The van der Waals surface area contributed by atoms with Gasteiger partial charge in [0, 0.05) is 4.90 Å². The molecule has 0 saturated carbocycles. The van der Waals surface area contributed by atoms with Gasteiger partial charge in [0.25, 0.3) is 0 Å². The van der Waals surface area contributed by atoms with Crippen LogP contribution in [0.4, 0.5) is 0 Å². The molecule has 11 heavy (non-hydrogen) atoms. The number of hydrogen-bond acceptors (Lipinski definition) is 3. The predicted octanol–water partition coefficient (Wildman–Crippen LogP) is 1.54. The highest BCUT2D eigenvalue weighted by atomic mass is 32.2. The second kappa shape index (κ2) is 6.22. The van der Waals surface area contributed by atoms with Crippen molar-refractivity contribution in [2.75, 3.05) is 7.05 Å². The molecular formula is C8H14N2S. The number of rotatable bonds is 1. The molecular weight excluding hydrogens is 156 g/mol. The van der Waals surface area contributed by atoms with E-state index in [1.165, 1.54) is 24.6 Å². The van der Waals surface area contributed by atoms with Crippen LogP contribution >= 0.6 is 11.9 Å². The minimum Gasteiger partial charge on any atom is -0.333 e. The van der Waals surface area contributed by atoms with E-state index in [9.17, 15) is 0 Å². The van der Waals surface area contributed by atoms with Gasteiger partial charge < -0.3 is 5.73 Å². The van der Waals surface area contributed by atoms with Crippen molar-refractivity contribution < 1.29 is 0 Å². The third kappa shape index (κ3) is 4.03.